The molecule has 3 rings (SSSR count). The smallest absolute Gasteiger partial charge is 0.225 e. The van der Waals surface area contributed by atoms with Gasteiger partial charge >= 0.3 is 0 Å². The number of amides is 2. The summed E-state index contributed by atoms with van der Waals surface area (Å²) in [4.78, 5) is 37.7. The molecule has 1 spiro atoms. The van der Waals surface area contributed by atoms with Gasteiger partial charge in [-0.15, -0.1) is 0 Å². The summed E-state index contributed by atoms with van der Waals surface area (Å²) < 4.78 is 19.1. The van der Waals surface area contributed by atoms with Crippen molar-refractivity contribution in [3.05, 3.63) is 11.6 Å². The van der Waals surface area contributed by atoms with E-state index in [1.165, 1.54) is 0 Å². The lowest BCUT2D eigenvalue weighted by Crippen LogP contribution is -2.51. The van der Waals surface area contributed by atoms with Crippen molar-refractivity contribution in [2.45, 2.75) is 168 Å². The first-order valence-corrected chi connectivity index (χ1v) is 19.7. The SMILES string of the molecule is CCCC(=O)CC1CCC(C)C(CC(=O)NCC(O)C(C)C(=O)NCCCC2OC3(CCC2C)COCC(CCC(C)/C=C(\C)C(C)O)C3)O1. The highest BCUT2D eigenvalue weighted by atomic mass is 16.6. The summed E-state index contributed by atoms with van der Waals surface area (Å²) in [6.07, 6.45) is 11.0. The highest BCUT2D eigenvalue weighted by molar-refractivity contribution is 5.80. The van der Waals surface area contributed by atoms with Crippen molar-refractivity contribution in [1.29, 1.82) is 0 Å². The fraction of sp³-hybridized carbons (Fsp3) is 0.875. The van der Waals surface area contributed by atoms with E-state index in [0.717, 1.165) is 76.4 Å². The van der Waals surface area contributed by atoms with Gasteiger partial charge in [0.2, 0.25) is 11.8 Å². The van der Waals surface area contributed by atoms with Crippen LogP contribution in [0.1, 0.15) is 132 Å². The highest BCUT2D eigenvalue weighted by Crippen LogP contribution is 2.42. The van der Waals surface area contributed by atoms with E-state index < -0.39 is 18.1 Å². The predicted octanol–water partition coefficient (Wildman–Crippen LogP) is 5.66. The van der Waals surface area contributed by atoms with Gasteiger partial charge in [0, 0.05) is 32.5 Å². The lowest BCUT2D eigenvalue weighted by atomic mass is 9.77. The lowest BCUT2D eigenvalue weighted by Gasteiger charge is -2.48. The van der Waals surface area contributed by atoms with Gasteiger partial charge in [-0.25, -0.2) is 0 Å². The number of carbonyl (C=O) groups excluding carboxylic acids is 3. The predicted molar refractivity (Wildman–Crippen MR) is 195 cm³/mol. The third kappa shape index (κ3) is 13.9. The van der Waals surface area contributed by atoms with Gasteiger partial charge in [0.1, 0.15) is 5.78 Å². The van der Waals surface area contributed by atoms with E-state index >= 15 is 0 Å². The van der Waals surface area contributed by atoms with Gasteiger partial charge in [-0.3, -0.25) is 14.4 Å². The number of aliphatic hydroxyl groups excluding tert-OH is 2. The Labute approximate surface area is 302 Å². The van der Waals surface area contributed by atoms with E-state index in [4.69, 9.17) is 14.2 Å². The summed E-state index contributed by atoms with van der Waals surface area (Å²) in [6, 6.07) is 0. The lowest BCUT2D eigenvalue weighted by molar-refractivity contribution is -0.211. The van der Waals surface area contributed by atoms with Crippen LogP contribution in [0.3, 0.4) is 0 Å². The van der Waals surface area contributed by atoms with Crippen molar-refractivity contribution in [1.82, 2.24) is 10.6 Å². The van der Waals surface area contributed by atoms with E-state index in [2.05, 4.69) is 37.5 Å². The van der Waals surface area contributed by atoms with Crippen LogP contribution in [0.4, 0.5) is 0 Å². The Morgan fingerprint density at radius 1 is 0.980 bits per heavy atom. The second-order valence-electron chi connectivity index (χ2n) is 16.2. The monoisotopic (exact) mass is 707 g/mol. The molecule has 3 saturated heterocycles. The molecule has 10 heteroatoms. The molecule has 0 aliphatic carbocycles. The van der Waals surface area contributed by atoms with E-state index in [9.17, 15) is 24.6 Å². The highest BCUT2D eigenvalue weighted by Gasteiger charge is 2.44. The molecule has 11 atom stereocenters. The van der Waals surface area contributed by atoms with Crippen molar-refractivity contribution in [2.75, 3.05) is 26.3 Å². The minimum absolute atomic E-state index is 0.0113. The van der Waals surface area contributed by atoms with Crippen molar-refractivity contribution in [3.63, 3.8) is 0 Å². The van der Waals surface area contributed by atoms with Crippen LogP contribution in [-0.2, 0) is 28.6 Å². The molecule has 0 bridgehead atoms. The minimum atomic E-state index is -1.01. The topological polar surface area (TPSA) is 143 Å². The van der Waals surface area contributed by atoms with Gasteiger partial charge in [0.05, 0.1) is 55.1 Å². The summed E-state index contributed by atoms with van der Waals surface area (Å²) in [5, 5.41) is 26.2. The molecule has 0 aromatic rings. The van der Waals surface area contributed by atoms with Crippen LogP contribution in [0.25, 0.3) is 0 Å². The molecule has 3 heterocycles. The number of allylic oxidation sites excluding steroid dienone is 1. The number of Topliss-reactive ketones (excluding diaryl/α,β-unsaturated/α-hetero) is 1. The normalized spacial score (nSPS) is 31.4. The molecular formula is C40H70N2O8. The number of carbonyl (C=O) groups is 3. The molecule has 11 unspecified atom stereocenters. The number of rotatable bonds is 19. The van der Waals surface area contributed by atoms with Crippen LogP contribution in [0.2, 0.25) is 0 Å². The quantitative estimate of drug-likeness (QED) is 0.0996. The number of ether oxygens (including phenoxy) is 3. The zero-order chi connectivity index (χ0) is 36.8. The second-order valence-corrected chi connectivity index (χ2v) is 16.2. The van der Waals surface area contributed by atoms with E-state index in [1.807, 2.05) is 20.8 Å². The minimum Gasteiger partial charge on any atom is -0.390 e. The van der Waals surface area contributed by atoms with Crippen LogP contribution in [0.5, 0.6) is 0 Å². The van der Waals surface area contributed by atoms with E-state index in [0.29, 0.717) is 43.7 Å². The number of ketones is 1. The third-order valence-corrected chi connectivity index (χ3v) is 11.5. The fourth-order valence-corrected chi connectivity index (χ4v) is 7.80. The summed E-state index contributed by atoms with van der Waals surface area (Å²) >= 11 is 0. The van der Waals surface area contributed by atoms with Gasteiger partial charge in [-0.05, 0) is 107 Å². The van der Waals surface area contributed by atoms with Crippen LogP contribution in [0, 0.1) is 29.6 Å². The molecule has 3 fully saturated rings. The Bertz CT molecular complexity index is 1100. The second kappa shape index (κ2) is 21.0. The maximum Gasteiger partial charge on any atom is 0.225 e. The third-order valence-electron chi connectivity index (χ3n) is 11.5. The number of nitrogens with one attached hydrogen (secondary N) is 2. The molecule has 0 aromatic carbocycles. The number of aliphatic hydroxyl groups is 2. The Morgan fingerprint density at radius 2 is 1.72 bits per heavy atom. The van der Waals surface area contributed by atoms with Gasteiger partial charge in [-0.2, -0.15) is 0 Å². The first-order valence-electron chi connectivity index (χ1n) is 19.7. The van der Waals surface area contributed by atoms with Crippen LogP contribution in [0.15, 0.2) is 11.6 Å². The van der Waals surface area contributed by atoms with Crippen LogP contribution >= 0.6 is 0 Å². The maximum absolute atomic E-state index is 12.9. The molecule has 50 heavy (non-hydrogen) atoms. The summed E-state index contributed by atoms with van der Waals surface area (Å²) in [5.41, 5.74) is 0.785. The molecule has 10 nitrogen and oxygen atoms in total. The Balaban J connectivity index is 1.35. The molecule has 3 aliphatic heterocycles. The fourth-order valence-electron chi connectivity index (χ4n) is 7.80. The molecule has 0 radical (unpaired) electrons. The molecule has 0 aromatic heterocycles. The maximum atomic E-state index is 12.9. The average Bonchev–Trinajstić information content (AvgIpc) is 3.07. The molecular weight excluding hydrogens is 636 g/mol. The van der Waals surface area contributed by atoms with E-state index in [-0.39, 0.29) is 60.4 Å². The first kappa shape index (κ1) is 42.6. The molecule has 4 N–H and O–H groups in total. The Kier molecular flexibility index (Phi) is 17.9. The van der Waals surface area contributed by atoms with Crippen molar-refractivity contribution in [2.24, 2.45) is 29.6 Å². The first-order chi connectivity index (χ1) is 23.7. The van der Waals surface area contributed by atoms with Crippen molar-refractivity contribution >= 4 is 17.6 Å². The van der Waals surface area contributed by atoms with Gasteiger partial charge in [-0.1, -0.05) is 40.7 Å². The number of hydrogen-bond donors (Lipinski definition) is 4. The van der Waals surface area contributed by atoms with E-state index in [1.54, 1.807) is 6.92 Å². The molecule has 288 valence electrons. The van der Waals surface area contributed by atoms with Crippen LogP contribution < -0.4 is 10.6 Å². The summed E-state index contributed by atoms with van der Waals surface area (Å²) in [5.74, 6) is 0.587. The molecule has 2 amide bonds. The average molecular weight is 707 g/mol. The Morgan fingerprint density at radius 3 is 2.44 bits per heavy atom. The zero-order valence-electron chi connectivity index (χ0n) is 32.2. The van der Waals surface area contributed by atoms with Gasteiger partial charge in [0.25, 0.3) is 0 Å². The zero-order valence-corrected chi connectivity index (χ0v) is 32.2. The van der Waals surface area contributed by atoms with Crippen molar-refractivity contribution < 1.29 is 38.8 Å². The molecule has 0 saturated carbocycles. The largest absolute Gasteiger partial charge is 0.390 e. The van der Waals surface area contributed by atoms with Crippen molar-refractivity contribution in [3.8, 4) is 0 Å². The van der Waals surface area contributed by atoms with Gasteiger partial charge in [0.15, 0.2) is 0 Å². The Hall–Kier alpha value is -1.85. The summed E-state index contributed by atoms with van der Waals surface area (Å²) in [6.45, 7) is 15.9. The summed E-state index contributed by atoms with van der Waals surface area (Å²) in [7, 11) is 0. The standard InChI is InChI=1S/C40H70N2O8/c1-8-10-33(44)20-34-15-13-27(3)37(49-34)21-38(46)42-23-35(45)30(6)39(47)41-18-9-11-36-28(4)16-17-40(50-36)22-32(24-48-25-40)14-12-26(2)19-29(5)31(7)43/h19,26-28,30-32,34-37,43,45H,8-18,20-25H2,1-7H3,(H,41,47)(H,42,46)/b29-19+. The number of hydrogen-bond acceptors (Lipinski definition) is 8. The van der Waals surface area contributed by atoms with Crippen LogP contribution in [-0.4, -0.2) is 90.2 Å². The van der Waals surface area contributed by atoms with Gasteiger partial charge < -0.3 is 35.1 Å². The molecule has 3 aliphatic rings.